The molecule has 0 atom stereocenters. The zero-order valence-corrected chi connectivity index (χ0v) is 11.1. The third-order valence-electron chi connectivity index (χ3n) is 2.52. The van der Waals surface area contributed by atoms with E-state index in [0.29, 0.717) is 6.61 Å². The van der Waals surface area contributed by atoms with Gasteiger partial charge >= 0.3 is 0 Å². The Balaban J connectivity index is 2.26. The van der Waals surface area contributed by atoms with Gasteiger partial charge in [-0.05, 0) is 51.8 Å². The quantitative estimate of drug-likeness (QED) is 0.640. The molecule has 0 saturated carbocycles. The lowest BCUT2D eigenvalue weighted by atomic mass is 10.1. The van der Waals surface area contributed by atoms with Crippen LogP contribution in [0, 0.1) is 0 Å². The molecular weight excluding hydrogens is 208 g/mol. The van der Waals surface area contributed by atoms with Gasteiger partial charge in [-0.3, -0.25) is 0 Å². The number of allylic oxidation sites excluding steroid dienone is 3. The highest BCUT2D eigenvalue weighted by Crippen LogP contribution is 2.10. The summed E-state index contributed by atoms with van der Waals surface area (Å²) < 4.78 is 5.61. The lowest BCUT2D eigenvalue weighted by Gasteiger charge is -2.03. The van der Waals surface area contributed by atoms with Crippen molar-refractivity contribution in [1.82, 2.24) is 0 Å². The first-order valence-electron chi connectivity index (χ1n) is 6.15. The van der Waals surface area contributed by atoms with Crippen molar-refractivity contribution in [1.29, 1.82) is 0 Å². The Morgan fingerprint density at radius 2 is 1.76 bits per heavy atom. The number of ether oxygens (including phenoxy) is 1. The topological polar surface area (TPSA) is 9.23 Å². The Morgan fingerprint density at radius 3 is 2.41 bits per heavy atom. The van der Waals surface area contributed by atoms with Crippen molar-refractivity contribution in [2.75, 3.05) is 6.61 Å². The highest BCUT2D eigenvalue weighted by molar-refractivity contribution is 5.21. The van der Waals surface area contributed by atoms with E-state index in [9.17, 15) is 0 Å². The minimum Gasteiger partial charge on any atom is -0.490 e. The average Bonchev–Trinajstić information content (AvgIpc) is 2.30. The van der Waals surface area contributed by atoms with Crippen LogP contribution in [0.15, 0.2) is 53.6 Å². The lowest BCUT2D eigenvalue weighted by molar-refractivity contribution is 0.361. The predicted octanol–water partition coefficient (Wildman–Crippen LogP) is 4.76. The van der Waals surface area contributed by atoms with E-state index < -0.39 is 0 Å². The van der Waals surface area contributed by atoms with Crippen LogP contribution in [0.1, 0.15) is 33.6 Å². The number of hydrogen-bond acceptors (Lipinski definition) is 1. The van der Waals surface area contributed by atoms with E-state index in [0.717, 1.165) is 18.6 Å². The van der Waals surface area contributed by atoms with E-state index in [2.05, 4.69) is 32.9 Å². The fourth-order valence-electron chi connectivity index (χ4n) is 1.49. The normalized spacial score (nSPS) is 11.1. The molecule has 17 heavy (non-hydrogen) atoms. The van der Waals surface area contributed by atoms with E-state index in [4.69, 9.17) is 4.74 Å². The highest BCUT2D eigenvalue weighted by atomic mass is 16.5. The van der Waals surface area contributed by atoms with Crippen LogP contribution in [-0.2, 0) is 0 Å². The number of hydrogen-bond donors (Lipinski definition) is 0. The smallest absolute Gasteiger partial charge is 0.119 e. The van der Waals surface area contributed by atoms with E-state index in [1.807, 2.05) is 30.3 Å². The van der Waals surface area contributed by atoms with Crippen LogP contribution >= 0.6 is 0 Å². The summed E-state index contributed by atoms with van der Waals surface area (Å²) in [6.45, 7) is 7.09. The number of para-hydroxylation sites is 1. The molecule has 1 heteroatoms. The Labute approximate surface area is 105 Å². The molecule has 0 aliphatic carbocycles. The van der Waals surface area contributed by atoms with Gasteiger partial charge in [0, 0.05) is 0 Å². The molecule has 0 amide bonds. The molecule has 0 fully saturated rings. The molecule has 1 nitrogen and oxygen atoms in total. The summed E-state index contributed by atoms with van der Waals surface area (Å²) in [5.74, 6) is 0.931. The summed E-state index contributed by atoms with van der Waals surface area (Å²) in [5, 5.41) is 0. The lowest BCUT2D eigenvalue weighted by Crippen LogP contribution is -1.94. The van der Waals surface area contributed by atoms with E-state index in [1.54, 1.807) is 0 Å². The Morgan fingerprint density at radius 1 is 1.06 bits per heavy atom. The van der Waals surface area contributed by atoms with Crippen molar-refractivity contribution in [3.63, 3.8) is 0 Å². The number of rotatable bonds is 6. The van der Waals surface area contributed by atoms with E-state index in [-0.39, 0.29) is 0 Å². The molecular formula is C16H22O. The molecule has 0 aromatic heterocycles. The first-order valence-corrected chi connectivity index (χ1v) is 6.15. The van der Waals surface area contributed by atoms with Gasteiger partial charge in [-0.2, -0.15) is 0 Å². The molecule has 0 spiro atoms. The van der Waals surface area contributed by atoms with Gasteiger partial charge in [0.2, 0.25) is 0 Å². The minimum atomic E-state index is 0.657. The Bertz CT molecular complexity index is 370. The van der Waals surface area contributed by atoms with Crippen LogP contribution in [0.4, 0.5) is 0 Å². The fraction of sp³-hybridized carbons (Fsp3) is 0.375. The molecule has 92 valence electrons. The summed E-state index contributed by atoms with van der Waals surface area (Å²) in [6.07, 6.45) is 6.67. The van der Waals surface area contributed by atoms with Crippen molar-refractivity contribution in [2.24, 2.45) is 0 Å². The molecule has 1 aromatic rings. The SMILES string of the molecule is CC(C)=CCC/C(C)=C/COc1ccccc1. The predicted molar refractivity (Wildman–Crippen MR) is 74.4 cm³/mol. The zero-order valence-electron chi connectivity index (χ0n) is 11.1. The van der Waals surface area contributed by atoms with Crippen molar-refractivity contribution in [3.8, 4) is 5.75 Å². The monoisotopic (exact) mass is 230 g/mol. The second-order valence-corrected chi connectivity index (χ2v) is 4.49. The van der Waals surface area contributed by atoms with E-state index in [1.165, 1.54) is 11.1 Å². The fourth-order valence-corrected chi connectivity index (χ4v) is 1.49. The second-order valence-electron chi connectivity index (χ2n) is 4.49. The van der Waals surface area contributed by atoms with Crippen LogP contribution in [-0.4, -0.2) is 6.61 Å². The van der Waals surface area contributed by atoms with Crippen LogP contribution in [0.25, 0.3) is 0 Å². The maximum atomic E-state index is 5.61. The second kappa shape index (κ2) is 7.72. The maximum Gasteiger partial charge on any atom is 0.119 e. The van der Waals surface area contributed by atoms with Crippen molar-refractivity contribution < 1.29 is 4.74 Å². The van der Waals surface area contributed by atoms with Gasteiger partial charge in [-0.15, -0.1) is 0 Å². The van der Waals surface area contributed by atoms with E-state index >= 15 is 0 Å². The largest absolute Gasteiger partial charge is 0.490 e. The third-order valence-corrected chi connectivity index (χ3v) is 2.52. The Kier molecular flexibility index (Phi) is 6.16. The molecule has 1 aromatic carbocycles. The van der Waals surface area contributed by atoms with Crippen LogP contribution < -0.4 is 4.74 Å². The van der Waals surface area contributed by atoms with Gasteiger partial charge < -0.3 is 4.74 Å². The minimum absolute atomic E-state index is 0.657. The molecule has 0 saturated heterocycles. The van der Waals surface area contributed by atoms with Crippen LogP contribution in [0.2, 0.25) is 0 Å². The molecule has 0 N–H and O–H groups in total. The highest BCUT2D eigenvalue weighted by Gasteiger charge is 1.91. The van der Waals surface area contributed by atoms with Gasteiger partial charge in [0.1, 0.15) is 12.4 Å². The summed E-state index contributed by atoms with van der Waals surface area (Å²) in [5.41, 5.74) is 2.77. The summed E-state index contributed by atoms with van der Waals surface area (Å²) >= 11 is 0. The standard InChI is InChI=1S/C16H22O/c1-14(2)8-7-9-15(3)12-13-17-16-10-5-4-6-11-16/h4-6,8,10-12H,7,9,13H2,1-3H3/b15-12+. The van der Waals surface area contributed by atoms with Gasteiger partial charge in [-0.25, -0.2) is 0 Å². The molecule has 0 aliphatic heterocycles. The van der Waals surface area contributed by atoms with Gasteiger partial charge in [0.05, 0.1) is 0 Å². The average molecular weight is 230 g/mol. The summed E-state index contributed by atoms with van der Waals surface area (Å²) in [4.78, 5) is 0. The Hall–Kier alpha value is -1.50. The van der Waals surface area contributed by atoms with Gasteiger partial charge in [-0.1, -0.05) is 35.4 Å². The molecule has 0 radical (unpaired) electrons. The van der Waals surface area contributed by atoms with Crippen molar-refractivity contribution in [2.45, 2.75) is 33.6 Å². The summed E-state index contributed by atoms with van der Waals surface area (Å²) in [6, 6.07) is 9.92. The third kappa shape index (κ3) is 6.62. The van der Waals surface area contributed by atoms with Crippen molar-refractivity contribution in [3.05, 3.63) is 53.6 Å². The number of benzene rings is 1. The van der Waals surface area contributed by atoms with Gasteiger partial charge in [0.25, 0.3) is 0 Å². The molecule has 1 rings (SSSR count). The van der Waals surface area contributed by atoms with Crippen LogP contribution in [0.3, 0.4) is 0 Å². The van der Waals surface area contributed by atoms with Crippen LogP contribution in [0.5, 0.6) is 5.75 Å². The van der Waals surface area contributed by atoms with Gasteiger partial charge in [0.15, 0.2) is 0 Å². The first kappa shape index (κ1) is 13.6. The summed E-state index contributed by atoms with van der Waals surface area (Å²) in [7, 11) is 0. The maximum absolute atomic E-state index is 5.61. The molecule has 0 bridgehead atoms. The first-order chi connectivity index (χ1) is 8.18. The molecule has 0 heterocycles. The van der Waals surface area contributed by atoms with Crippen molar-refractivity contribution >= 4 is 0 Å². The zero-order chi connectivity index (χ0) is 12.5. The molecule has 0 unspecified atom stereocenters. The molecule has 0 aliphatic rings.